The molecule has 1 aliphatic carbocycles. The molecule has 0 saturated heterocycles. The second-order valence-corrected chi connectivity index (χ2v) is 7.81. The summed E-state index contributed by atoms with van der Waals surface area (Å²) >= 11 is 1.49. The molecular weight excluding hydrogens is 362 g/mol. The van der Waals surface area contributed by atoms with E-state index in [1.807, 2.05) is 19.1 Å². The lowest BCUT2D eigenvalue weighted by Crippen LogP contribution is -2.46. The summed E-state index contributed by atoms with van der Waals surface area (Å²) in [5.41, 5.74) is 7.47. The van der Waals surface area contributed by atoms with Crippen molar-refractivity contribution in [2.24, 2.45) is 0 Å². The summed E-state index contributed by atoms with van der Waals surface area (Å²) in [4.78, 5) is 38.0. The number of hydrogen-bond acceptors (Lipinski definition) is 4. The van der Waals surface area contributed by atoms with Crippen LogP contribution in [0.2, 0.25) is 0 Å². The maximum absolute atomic E-state index is 12.2. The van der Waals surface area contributed by atoms with E-state index < -0.39 is 5.91 Å². The molecule has 1 aliphatic rings. The highest BCUT2D eigenvalue weighted by Crippen LogP contribution is 2.28. The minimum Gasteiger partial charge on any atom is -0.343 e. The minimum absolute atomic E-state index is 0.214. The fourth-order valence-electron chi connectivity index (χ4n) is 3.06. The molecule has 27 heavy (non-hydrogen) atoms. The first-order chi connectivity index (χ1) is 13.0. The van der Waals surface area contributed by atoms with Crippen molar-refractivity contribution in [2.75, 3.05) is 6.54 Å². The van der Waals surface area contributed by atoms with Crippen molar-refractivity contribution >= 4 is 29.1 Å². The first kappa shape index (κ1) is 19.1. The zero-order chi connectivity index (χ0) is 19.2. The Morgan fingerprint density at radius 2 is 1.81 bits per heavy atom. The molecule has 0 unspecified atom stereocenters. The standard InChI is InChI=1S/C20H23N3O3S/c1-13-6-5-8-15(10-13)19(25)21-12-18(24)22-23-20(26)17-11-14-7-3-2-4-9-16(14)27-17/h5-6,8,10-11H,2-4,7,9,12H2,1H3,(H,21,25)(H,22,24)(H,23,26). The molecule has 1 heterocycles. The van der Waals surface area contributed by atoms with E-state index in [9.17, 15) is 14.4 Å². The first-order valence-corrected chi connectivity index (χ1v) is 9.90. The number of benzene rings is 1. The molecule has 0 aliphatic heterocycles. The second-order valence-electron chi connectivity index (χ2n) is 6.67. The van der Waals surface area contributed by atoms with Gasteiger partial charge in [0, 0.05) is 10.4 Å². The molecule has 0 bridgehead atoms. The van der Waals surface area contributed by atoms with Crippen LogP contribution in [0.4, 0.5) is 0 Å². The quantitative estimate of drug-likeness (QED) is 0.558. The molecule has 3 rings (SSSR count). The van der Waals surface area contributed by atoms with Gasteiger partial charge in [0.25, 0.3) is 17.7 Å². The Bertz CT molecular complexity index is 836. The summed E-state index contributed by atoms with van der Waals surface area (Å²) in [6.07, 6.45) is 5.57. The van der Waals surface area contributed by atoms with Crippen LogP contribution < -0.4 is 16.2 Å². The van der Waals surface area contributed by atoms with E-state index >= 15 is 0 Å². The van der Waals surface area contributed by atoms with Crippen molar-refractivity contribution in [2.45, 2.75) is 39.0 Å². The summed E-state index contributed by atoms with van der Waals surface area (Å²) in [5, 5.41) is 2.54. The SMILES string of the molecule is Cc1cccc(C(=O)NCC(=O)NNC(=O)c2cc3c(s2)CCCCC3)c1. The van der Waals surface area contributed by atoms with E-state index in [1.165, 1.54) is 28.2 Å². The molecule has 2 aromatic rings. The van der Waals surface area contributed by atoms with E-state index in [1.54, 1.807) is 18.2 Å². The average Bonchev–Trinajstić information content (AvgIpc) is 2.94. The third kappa shape index (κ3) is 5.17. The minimum atomic E-state index is -0.484. The molecule has 0 fully saturated rings. The maximum Gasteiger partial charge on any atom is 0.279 e. The van der Waals surface area contributed by atoms with Gasteiger partial charge in [-0.3, -0.25) is 25.2 Å². The van der Waals surface area contributed by atoms with Gasteiger partial charge in [-0.2, -0.15) is 0 Å². The van der Waals surface area contributed by atoms with Crippen LogP contribution in [0.1, 0.15) is 55.3 Å². The largest absolute Gasteiger partial charge is 0.343 e. The molecule has 0 saturated carbocycles. The molecule has 1 aromatic carbocycles. The number of hydrogen-bond donors (Lipinski definition) is 3. The lowest BCUT2D eigenvalue weighted by molar-refractivity contribution is -0.120. The highest BCUT2D eigenvalue weighted by molar-refractivity contribution is 7.14. The lowest BCUT2D eigenvalue weighted by Gasteiger charge is -2.08. The van der Waals surface area contributed by atoms with Crippen LogP contribution in [0.3, 0.4) is 0 Å². The molecule has 1 aromatic heterocycles. The van der Waals surface area contributed by atoms with Gasteiger partial charge in [-0.1, -0.05) is 24.1 Å². The van der Waals surface area contributed by atoms with Crippen molar-refractivity contribution in [3.05, 3.63) is 56.8 Å². The third-order valence-corrected chi connectivity index (χ3v) is 5.71. The molecule has 7 heteroatoms. The first-order valence-electron chi connectivity index (χ1n) is 9.08. The van der Waals surface area contributed by atoms with Gasteiger partial charge in [0.2, 0.25) is 0 Å². The van der Waals surface area contributed by atoms with Crippen LogP contribution in [-0.4, -0.2) is 24.3 Å². The van der Waals surface area contributed by atoms with Crippen LogP contribution in [0.15, 0.2) is 30.3 Å². The Hall–Kier alpha value is -2.67. The van der Waals surface area contributed by atoms with Crippen LogP contribution >= 0.6 is 11.3 Å². The Labute approximate surface area is 162 Å². The molecule has 0 spiro atoms. The Balaban J connectivity index is 1.46. The lowest BCUT2D eigenvalue weighted by atomic mass is 10.1. The summed E-state index contributed by atoms with van der Waals surface area (Å²) in [5.74, 6) is -1.14. The fourth-order valence-corrected chi connectivity index (χ4v) is 4.21. The highest BCUT2D eigenvalue weighted by Gasteiger charge is 2.17. The molecule has 6 nitrogen and oxygen atoms in total. The number of rotatable bonds is 4. The van der Waals surface area contributed by atoms with Crippen LogP contribution in [-0.2, 0) is 17.6 Å². The number of aryl methyl sites for hydroxylation is 3. The topological polar surface area (TPSA) is 87.3 Å². The van der Waals surface area contributed by atoms with Crippen LogP contribution in [0.5, 0.6) is 0 Å². The van der Waals surface area contributed by atoms with Crippen molar-refractivity contribution in [3.63, 3.8) is 0 Å². The predicted molar refractivity (Wildman–Crippen MR) is 105 cm³/mol. The number of fused-ring (bicyclic) bond motifs is 1. The third-order valence-electron chi connectivity index (χ3n) is 4.48. The van der Waals surface area contributed by atoms with E-state index in [4.69, 9.17) is 0 Å². The summed E-state index contributed by atoms with van der Waals surface area (Å²) in [6.45, 7) is 1.68. The Kier molecular flexibility index (Phi) is 6.24. The monoisotopic (exact) mass is 385 g/mol. The number of amides is 3. The normalized spacial score (nSPS) is 13.2. The molecular formula is C20H23N3O3S. The van der Waals surface area contributed by atoms with Gasteiger partial charge in [-0.15, -0.1) is 11.3 Å². The summed E-state index contributed by atoms with van der Waals surface area (Å²) in [6, 6.07) is 9.03. The van der Waals surface area contributed by atoms with E-state index in [2.05, 4.69) is 16.2 Å². The zero-order valence-corrected chi connectivity index (χ0v) is 16.1. The predicted octanol–water partition coefficient (Wildman–Crippen LogP) is 2.52. The van der Waals surface area contributed by atoms with Crippen LogP contribution in [0.25, 0.3) is 0 Å². The zero-order valence-electron chi connectivity index (χ0n) is 15.3. The van der Waals surface area contributed by atoms with E-state index in [-0.39, 0.29) is 18.4 Å². The van der Waals surface area contributed by atoms with Gasteiger partial charge < -0.3 is 5.32 Å². The van der Waals surface area contributed by atoms with Gasteiger partial charge >= 0.3 is 0 Å². The van der Waals surface area contributed by atoms with E-state index in [0.717, 1.165) is 31.2 Å². The van der Waals surface area contributed by atoms with Crippen LogP contribution in [0, 0.1) is 6.92 Å². The number of nitrogens with one attached hydrogen (secondary N) is 3. The summed E-state index contributed by atoms with van der Waals surface area (Å²) in [7, 11) is 0. The molecule has 0 radical (unpaired) electrons. The molecule has 0 atom stereocenters. The van der Waals surface area contributed by atoms with E-state index in [0.29, 0.717) is 10.4 Å². The highest BCUT2D eigenvalue weighted by atomic mass is 32.1. The van der Waals surface area contributed by atoms with Gasteiger partial charge in [0.1, 0.15) is 0 Å². The number of carbonyl (C=O) groups is 3. The van der Waals surface area contributed by atoms with Crippen molar-refractivity contribution < 1.29 is 14.4 Å². The number of thiophene rings is 1. The van der Waals surface area contributed by atoms with Gasteiger partial charge in [0.05, 0.1) is 11.4 Å². The smallest absolute Gasteiger partial charge is 0.279 e. The van der Waals surface area contributed by atoms with Crippen molar-refractivity contribution in [1.29, 1.82) is 0 Å². The molecule has 3 amide bonds. The fraction of sp³-hybridized carbons (Fsp3) is 0.350. The summed E-state index contributed by atoms with van der Waals surface area (Å²) < 4.78 is 0. The Morgan fingerprint density at radius 1 is 1.00 bits per heavy atom. The molecule has 3 N–H and O–H groups in total. The average molecular weight is 385 g/mol. The van der Waals surface area contributed by atoms with Gasteiger partial charge in [0.15, 0.2) is 0 Å². The second kappa shape index (κ2) is 8.81. The number of hydrazine groups is 1. The van der Waals surface area contributed by atoms with Gasteiger partial charge in [-0.05, 0) is 56.4 Å². The van der Waals surface area contributed by atoms with Crippen molar-refractivity contribution in [1.82, 2.24) is 16.2 Å². The number of carbonyl (C=O) groups excluding carboxylic acids is 3. The van der Waals surface area contributed by atoms with Gasteiger partial charge in [-0.25, -0.2) is 0 Å². The maximum atomic E-state index is 12.2. The Morgan fingerprint density at radius 3 is 2.63 bits per heavy atom. The molecule has 142 valence electrons. The van der Waals surface area contributed by atoms with Crippen molar-refractivity contribution in [3.8, 4) is 0 Å².